The highest BCUT2D eigenvalue weighted by Gasteiger charge is 1.98. The highest BCUT2D eigenvalue weighted by atomic mass is 16.7. The fraction of sp³-hybridized carbons (Fsp3) is 0.429. The van der Waals surface area contributed by atoms with Gasteiger partial charge in [0.25, 0.3) is 0 Å². The maximum absolute atomic E-state index is 8.64. The molecule has 0 saturated heterocycles. The number of aryl methyl sites for hydroxylation is 1. The highest BCUT2D eigenvalue weighted by Crippen LogP contribution is 2.16. The van der Waals surface area contributed by atoms with Gasteiger partial charge < -0.3 is 14.6 Å². The number of aliphatic hydroxyl groups is 1. The lowest BCUT2D eigenvalue weighted by Gasteiger charge is -2.07. The number of rotatable bonds is 5. The Bertz CT molecular complexity index is 402. The Morgan fingerprint density at radius 1 is 1.35 bits per heavy atom. The number of hydrogen-bond donors (Lipinski definition) is 1. The molecule has 0 unspecified atom stereocenters. The quantitative estimate of drug-likeness (QED) is 0.482. The molecule has 0 spiro atoms. The van der Waals surface area contributed by atoms with Crippen molar-refractivity contribution in [2.45, 2.75) is 20.3 Å². The minimum Gasteiger partial charge on any atom is -0.468 e. The molecule has 0 aliphatic rings. The fourth-order valence-electron chi connectivity index (χ4n) is 1.27. The fourth-order valence-corrected chi connectivity index (χ4v) is 1.27. The van der Waals surface area contributed by atoms with Crippen molar-refractivity contribution in [1.29, 1.82) is 0 Å². The van der Waals surface area contributed by atoms with Crippen LogP contribution in [0.4, 0.5) is 0 Å². The van der Waals surface area contributed by atoms with Crippen LogP contribution in [0.5, 0.6) is 5.75 Å². The summed E-state index contributed by atoms with van der Waals surface area (Å²) in [6, 6.07) is 5.72. The Labute approximate surface area is 102 Å². The molecule has 3 heteroatoms. The topological polar surface area (TPSA) is 38.7 Å². The summed E-state index contributed by atoms with van der Waals surface area (Å²) in [6.45, 7) is 4.92. The Kier molecular flexibility index (Phi) is 6.16. The molecule has 0 atom stereocenters. The molecule has 0 aliphatic carbocycles. The third-order valence-electron chi connectivity index (χ3n) is 2.17. The first-order valence-corrected chi connectivity index (χ1v) is 5.69. The number of hydrogen-bond acceptors (Lipinski definition) is 3. The van der Waals surface area contributed by atoms with Crippen molar-refractivity contribution >= 4 is 0 Å². The lowest BCUT2D eigenvalue weighted by molar-refractivity contribution is 0.0224. The van der Waals surface area contributed by atoms with Crippen LogP contribution in [0.1, 0.15) is 24.5 Å². The number of benzene rings is 1. The third kappa shape index (κ3) is 4.90. The van der Waals surface area contributed by atoms with E-state index in [1.165, 1.54) is 0 Å². The molecule has 0 aliphatic heterocycles. The molecule has 0 heterocycles. The minimum atomic E-state index is 0.0988. The molecule has 0 aromatic heterocycles. The summed E-state index contributed by atoms with van der Waals surface area (Å²) in [7, 11) is 0. The van der Waals surface area contributed by atoms with Crippen LogP contribution in [0.2, 0.25) is 0 Å². The molecule has 0 saturated carbocycles. The summed E-state index contributed by atoms with van der Waals surface area (Å²) in [5.74, 6) is 6.69. The van der Waals surface area contributed by atoms with E-state index in [0.29, 0.717) is 13.0 Å². The van der Waals surface area contributed by atoms with Crippen LogP contribution in [0.25, 0.3) is 0 Å². The molecule has 3 nitrogen and oxygen atoms in total. The van der Waals surface area contributed by atoms with E-state index in [2.05, 4.69) is 11.8 Å². The maximum atomic E-state index is 8.64. The van der Waals surface area contributed by atoms with E-state index < -0.39 is 0 Å². The summed E-state index contributed by atoms with van der Waals surface area (Å²) >= 11 is 0. The molecular weight excluding hydrogens is 216 g/mol. The van der Waals surface area contributed by atoms with Crippen molar-refractivity contribution in [2.75, 3.05) is 20.0 Å². The van der Waals surface area contributed by atoms with Crippen LogP contribution >= 0.6 is 0 Å². The monoisotopic (exact) mass is 234 g/mol. The van der Waals surface area contributed by atoms with Crippen molar-refractivity contribution in [1.82, 2.24) is 0 Å². The van der Waals surface area contributed by atoms with Crippen LogP contribution in [-0.2, 0) is 4.74 Å². The van der Waals surface area contributed by atoms with E-state index >= 15 is 0 Å². The van der Waals surface area contributed by atoms with Gasteiger partial charge in [-0.25, -0.2) is 0 Å². The second kappa shape index (κ2) is 7.72. The zero-order valence-electron chi connectivity index (χ0n) is 10.3. The Hall–Kier alpha value is -1.50. The van der Waals surface area contributed by atoms with Gasteiger partial charge in [0.1, 0.15) is 5.75 Å². The van der Waals surface area contributed by atoms with Crippen LogP contribution in [0, 0.1) is 18.8 Å². The van der Waals surface area contributed by atoms with Crippen LogP contribution in [0.3, 0.4) is 0 Å². The molecule has 17 heavy (non-hydrogen) atoms. The smallest absolute Gasteiger partial charge is 0.189 e. The molecule has 92 valence electrons. The van der Waals surface area contributed by atoms with E-state index in [-0.39, 0.29) is 13.4 Å². The SMILES string of the molecule is CCOCOc1ccc(C#CCCO)c(C)c1. The Morgan fingerprint density at radius 3 is 2.82 bits per heavy atom. The van der Waals surface area contributed by atoms with Gasteiger partial charge >= 0.3 is 0 Å². The number of aliphatic hydroxyl groups excluding tert-OH is 1. The summed E-state index contributed by atoms with van der Waals surface area (Å²) in [4.78, 5) is 0. The zero-order chi connectivity index (χ0) is 12.5. The van der Waals surface area contributed by atoms with Gasteiger partial charge in [-0.3, -0.25) is 0 Å². The molecule has 0 amide bonds. The van der Waals surface area contributed by atoms with Gasteiger partial charge in [0, 0.05) is 18.6 Å². The van der Waals surface area contributed by atoms with Gasteiger partial charge in [-0.15, -0.1) is 0 Å². The zero-order valence-corrected chi connectivity index (χ0v) is 10.3. The van der Waals surface area contributed by atoms with Crippen LogP contribution in [0.15, 0.2) is 18.2 Å². The number of ether oxygens (including phenoxy) is 2. The second-order valence-electron chi connectivity index (χ2n) is 3.51. The average Bonchev–Trinajstić information content (AvgIpc) is 2.32. The first kappa shape index (κ1) is 13.6. The molecular formula is C14H18O3. The first-order valence-electron chi connectivity index (χ1n) is 5.69. The van der Waals surface area contributed by atoms with Crippen molar-refractivity contribution in [3.05, 3.63) is 29.3 Å². The summed E-state index contributed by atoms with van der Waals surface area (Å²) in [5, 5.41) is 8.64. The van der Waals surface area contributed by atoms with Crippen molar-refractivity contribution < 1.29 is 14.6 Å². The standard InChI is InChI=1S/C14H18O3/c1-3-16-11-17-14-8-7-13(12(2)10-14)6-4-5-9-15/h7-8,10,15H,3,5,9,11H2,1-2H3. The van der Waals surface area contributed by atoms with Crippen molar-refractivity contribution in [2.24, 2.45) is 0 Å². The Balaban J connectivity index is 2.63. The predicted molar refractivity (Wildman–Crippen MR) is 66.9 cm³/mol. The van der Waals surface area contributed by atoms with Crippen molar-refractivity contribution in [3.8, 4) is 17.6 Å². The van der Waals surface area contributed by atoms with E-state index in [0.717, 1.165) is 16.9 Å². The third-order valence-corrected chi connectivity index (χ3v) is 2.17. The molecule has 1 N–H and O–H groups in total. The van der Waals surface area contributed by atoms with Gasteiger partial charge in [-0.2, -0.15) is 0 Å². The largest absolute Gasteiger partial charge is 0.468 e. The van der Waals surface area contributed by atoms with Crippen LogP contribution in [-0.4, -0.2) is 25.1 Å². The minimum absolute atomic E-state index is 0.0988. The molecule has 1 rings (SSSR count). The Morgan fingerprint density at radius 2 is 2.18 bits per heavy atom. The van der Waals surface area contributed by atoms with Gasteiger partial charge in [-0.1, -0.05) is 11.8 Å². The van der Waals surface area contributed by atoms with Gasteiger partial charge in [0.05, 0.1) is 6.61 Å². The maximum Gasteiger partial charge on any atom is 0.189 e. The second-order valence-corrected chi connectivity index (χ2v) is 3.51. The predicted octanol–water partition coefficient (Wildman–Crippen LogP) is 2.10. The van der Waals surface area contributed by atoms with Gasteiger partial charge in [0.2, 0.25) is 0 Å². The van der Waals surface area contributed by atoms with E-state index in [1.54, 1.807) is 0 Å². The van der Waals surface area contributed by atoms with E-state index in [4.69, 9.17) is 14.6 Å². The van der Waals surface area contributed by atoms with Crippen molar-refractivity contribution in [3.63, 3.8) is 0 Å². The summed E-state index contributed by atoms with van der Waals surface area (Å²) in [6.07, 6.45) is 0.502. The van der Waals surface area contributed by atoms with Gasteiger partial charge in [0.15, 0.2) is 6.79 Å². The molecule has 1 aromatic carbocycles. The molecule has 0 bridgehead atoms. The van der Waals surface area contributed by atoms with E-state index in [9.17, 15) is 0 Å². The summed E-state index contributed by atoms with van der Waals surface area (Å²) < 4.78 is 10.5. The first-order chi connectivity index (χ1) is 8.27. The lowest BCUT2D eigenvalue weighted by Crippen LogP contribution is -2.02. The normalized spacial score (nSPS) is 9.59. The van der Waals surface area contributed by atoms with E-state index in [1.807, 2.05) is 32.0 Å². The van der Waals surface area contributed by atoms with Crippen LogP contribution < -0.4 is 4.74 Å². The molecule has 0 radical (unpaired) electrons. The average molecular weight is 234 g/mol. The highest BCUT2D eigenvalue weighted by molar-refractivity contribution is 5.44. The molecule has 0 fully saturated rings. The lowest BCUT2D eigenvalue weighted by atomic mass is 10.1. The summed E-state index contributed by atoms with van der Waals surface area (Å²) in [5.41, 5.74) is 2.02. The molecule has 1 aromatic rings. The van der Waals surface area contributed by atoms with Gasteiger partial charge in [-0.05, 0) is 37.6 Å².